The van der Waals surface area contributed by atoms with E-state index in [0.29, 0.717) is 17.9 Å². The molecule has 0 unspecified atom stereocenters. The van der Waals surface area contributed by atoms with Gasteiger partial charge in [0.1, 0.15) is 12.0 Å². The molecule has 4 nitrogen and oxygen atoms in total. The Hall–Kier alpha value is -1.33. The van der Waals surface area contributed by atoms with Gasteiger partial charge in [0.2, 0.25) is 0 Å². The van der Waals surface area contributed by atoms with E-state index in [9.17, 15) is 4.79 Å². The Morgan fingerprint density at radius 2 is 1.80 bits per heavy atom. The predicted octanol–water partition coefficient (Wildman–Crippen LogP) is 2.20. The number of benzene rings is 1. The van der Waals surface area contributed by atoms with E-state index in [1.165, 1.54) is 0 Å². The summed E-state index contributed by atoms with van der Waals surface area (Å²) in [4.78, 5) is 10.9. The maximum atomic E-state index is 10.9. The highest BCUT2D eigenvalue weighted by Crippen LogP contribution is 2.37. The fraction of sp³-hybridized carbons (Fsp3) is 0.533. The monoisotopic (exact) mass is 276 g/mol. The van der Waals surface area contributed by atoms with Gasteiger partial charge in [-0.15, -0.1) is 0 Å². The van der Waals surface area contributed by atoms with Crippen molar-refractivity contribution in [2.75, 3.05) is 6.61 Å². The third-order valence-electron chi connectivity index (χ3n) is 3.98. The Morgan fingerprint density at radius 1 is 1.20 bits per heavy atom. The van der Waals surface area contributed by atoms with Gasteiger partial charge >= 0.3 is 7.12 Å². The number of hydrogen-bond donors (Lipinski definition) is 0. The topological polar surface area (TPSA) is 44.8 Å². The van der Waals surface area contributed by atoms with Crippen LogP contribution in [0.1, 0.15) is 45.0 Å². The second-order valence-electron chi connectivity index (χ2n) is 5.94. The van der Waals surface area contributed by atoms with Crippen molar-refractivity contribution in [3.8, 4) is 5.75 Å². The lowest BCUT2D eigenvalue weighted by Crippen LogP contribution is -2.41. The molecule has 1 fully saturated rings. The molecule has 0 aromatic heterocycles. The molecule has 20 heavy (non-hydrogen) atoms. The van der Waals surface area contributed by atoms with E-state index in [4.69, 9.17) is 14.0 Å². The molecule has 2 rings (SSSR count). The molecule has 1 aromatic carbocycles. The van der Waals surface area contributed by atoms with Crippen LogP contribution in [0, 0.1) is 0 Å². The van der Waals surface area contributed by atoms with Gasteiger partial charge in [-0.3, -0.25) is 4.79 Å². The standard InChI is InChI=1S/C15H21BO4/c1-6-18-13-9-11(10-17)7-8-12(13)16-19-14(2,3)15(4,5)20-16/h7-10H,6H2,1-5H3. The second kappa shape index (κ2) is 5.22. The van der Waals surface area contributed by atoms with Gasteiger partial charge in [-0.05, 0) is 40.7 Å². The van der Waals surface area contributed by atoms with Crippen LogP contribution in [0.15, 0.2) is 18.2 Å². The zero-order chi connectivity index (χ0) is 15.0. The fourth-order valence-electron chi connectivity index (χ4n) is 2.07. The smallest absolute Gasteiger partial charge is 0.494 e. The van der Waals surface area contributed by atoms with Gasteiger partial charge in [0.15, 0.2) is 0 Å². The lowest BCUT2D eigenvalue weighted by molar-refractivity contribution is 0.00578. The van der Waals surface area contributed by atoms with E-state index in [1.807, 2.05) is 40.7 Å². The zero-order valence-electron chi connectivity index (χ0n) is 12.7. The van der Waals surface area contributed by atoms with Gasteiger partial charge in [0.25, 0.3) is 0 Å². The SMILES string of the molecule is CCOc1cc(C=O)ccc1B1OC(C)(C)C(C)(C)O1. The van der Waals surface area contributed by atoms with Crippen molar-refractivity contribution in [3.63, 3.8) is 0 Å². The van der Waals surface area contributed by atoms with Crippen molar-refractivity contribution >= 4 is 18.9 Å². The van der Waals surface area contributed by atoms with E-state index in [2.05, 4.69) is 0 Å². The van der Waals surface area contributed by atoms with Crippen LogP contribution in [0.25, 0.3) is 0 Å². The molecule has 0 bridgehead atoms. The Balaban J connectivity index is 2.36. The largest absolute Gasteiger partial charge is 0.498 e. The molecule has 1 heterocycles. The van der Waals surface area contributed by atoms with Gasteiger partial charge in [-0.1, -0.05) is 12.1 Å². The minimum atomic E-state index is -0.484. The van der Waals surface area contributed by atoms with Crippen molar-refractivity contribution < 1.29 is 18.8 Å². The molecule has 1 aromatic rings. The Labute approximate surface area is 120 Å². The molecule has 5 heteroatoms. The van der Waals surface area contributed by atoms with Crippen molar-refractivity contribution in [1.82, 2.24) is 0 Å². The molecule has 1 aliphatic rings. The van der Waals surface area contributed by atoms with Crippen LogP contribution >= 0.6 is 0 Å². The number of ether oxygens (including phenoxy) is 1. The molecule has 0 N–H and O–H groups in total. The van der Waals surface area contributed by atoms with Gasteiger partial charge in [-0.2, -0.15) is 0 Å². The van der Waals surface area contributed by atoms with E-state index in [-0.39, 0.29) is 0 Å². The quantitative estimate of drug-likeness (QED) is 0.624. The number of carbonyl (C=O) groups is 1. The molecule has 1 aliphatic heterocycles. The molecular formula is C15H21BO4. The maximum absolute atomic E-state index is 10.9. The molecule has 0 amide bonds. The molecule has 0 saturated carbocycles. The van der Waals surface area contributed by atoms with Crippen LogP contribution < -0.4 is 10.2 Å². The van der Waals surface area contributed by atoms with Crippen molar-refractivity contribution in [3.05, 3.63) is 23.8 Å². The lowest BCUT2D eigenvalue weighted by Gasteiger charge is -2.32. The summed E-state index contributed by atoms with van der Waals surface area (Å²) in [5.41, 5.74) is 0.597. The van der Waals surface area contributed by atoms with Crippen LogP contribution in [0.4, 0.5) is 0 Å². The first-order valence-corrected chi connectivity index (χ1v) is 6.88. The first-order chi connectivity index (χ1) is 9.30. The normalized spacial score (nSPS) is 19.9. The number of hydrogen-bond acceptors (Lipinski definition) is 4. The van der Waals surface area contributed by atoms with Crippen molar-refractivity contribution in [2.45, 2.75) is 45.8 Å². The van der Waals surface area contributed by atoms with Gasteiger partial charge < -0.3 is 14.0 Å². The highest BCUT2D eigenvalue weighted by Gasteiger charge is 2.52. The summed E-state index contributed by atoms with van der Waals surface area (Å²) in [6.07, 6.45) is 0.802. The van der Waals surface area contributed by atoms with Crippen LogP contribution in [-0.2, 0) is 9.31 Å². The minimum absolute atomic E-state index is 0.398. The number of carbonyl (C=O) groups excluding carboxylic acids is 1. The van der Waals surface area contributed by atoms with E-state index in [1.54, 1.807) is 12.1 Å². The summed E-state index contributed by atoms with van der Waals surface area (Å²) in [5, 5.41) is 0. The van der Waals surface area contributed by atoms with Crippen molar-refractivity contribution in [2.24, 2.45) is 0 Å². The molecule has 1 saturated heterocycles. The van der Waals surface area contributed by atoms with E-state index in [0.717, 1.165) is 11.7 Å². The van der Waals surface area contributed by atoms with Crippen molar-refractivity contribution in [1.29, 1.82) is 0 Å². The summed E-state index contributed by atoms with van der Waals surface area (Å²) in [6, 6.07) is 5.30. The van der Waals surface area contributed by atoms with Crippen LogP contribution in [-0.4, -0.2) is 31.2 Å². The number of aldehydes is 1. The summed E-state index contributed by atoms with van der Waals surface area (Å²) in [6.45, 7) is 10.5. The lowest BCUT2D eigenvalue weighted by atomic mass is 9.78. The van der Waals surface area contributed by atoms with Crippen LogP contribution in [0.3, 0.4) is 0 Å². The summed E-state index contributed by atoms with van der Waals surface area (Å²) < 4.78 is 17.6. The molecule has 0 aliphatic carbocycles. The minimum Gasteiger partial charge on any atom is -0.494 e. The Kier molecular flexibility index (Phi) is 3.94. The molecule has 0 radical (unpaired) electrons. The average molecular weight is 276 g/mol. The van der Waals surface area contributed by atoms with Gasteiger partial charge in [0, 0.05) is 11.0 Å². The Morgan fingerprint density at radius 3 is 2.30 bits per heavy atom. The van der Waals surface area contributed by atoms with Crippen LogP contribution in [0.2, 0.25) is 0 Å². The predicted molar refractivity (Wildman–Crippen MR) is 78.7 cm³/mol. The Bertz CT molecular complexity index is 495. The van der Waals surface area contributed by atoms with Crippen LogP contribution in [0.5, 0.6) is 5.75 Å². The molecule has 0 atom stereocenters. The number of rotatable bonds is 4. The summed E-state index contributed by atoms with van der Waals surface area (Å²) in [5.74, 6) is 0.635. The highest BCUT2D eigenvalue weighted by molar-refractivity contribution is 6.63. The summed E-state index contributed by atoms with van der Waals surface area (Å²) in [7, 11) is -0.484. The van der Waals surface area contributed by atoms with E-state index >= 15 is 0 Å². The van der Waals surface area contributed by atoms with Gasteiger partial charge in [0.05, 0.1) is 17.8 Å². The molecule has 108 valence electrons. The highest BCUT2D eigenvalue weighted by atomic mass is 16.7. The second-order valence-corrected chi connectivity index (χ2v) is 5.94. The van der Waals surface area contributed by atoms with Gasteiger partial charge in [-0.25, -0.2) is 0 Å². The third-order valence-corrected chi connectivity index (χ3v) is 3.98. The summed E-state index contributed by atoms with van der Waals surface area (Å²) >= 11 is 0. The molecular weight excluding hydrogens is 255 g/mol. The average Bonchev–Trinajstić information content (AvgIpc) is 2.58. The van der Waals surface area contributed by atoms with E-state index < -0.39 is 18.3 Å². The maximum Gasteiger partial charge on any atom is 0.498 e. The first kappa shape index (κ1) is 15.1. The first-order valence-electron chi connectivity index (χ1n) is 6.88. The zero-order valence-corrected chi connectivity index (χ0v) is 12.7. The molecule has 0 spiro atoms. The fourth-order valence-corrected chi connectivity index (χ4v) is 2.07. The third kappa shape index (κ3) is 2.60.